The number of hydrogen-bond donors (Lipinski definition) is 1. The molecular weight excluding hydrogens is 200 g/mol. The molecule has 1 heterocycles. The Morgan fingerprint density at radius 2 is 1.75 bits per heavy atom. The molecule has 0 aromatic carbocycles. The molecular formula is C14H26O2. The van der Waals surface area contributed by atoms with E-state index in [0.717, 1.165) is 45.3 Å². The van der Waals surface area contributed by atoms with Crippen molar-refractivity contribution >= 4 is 0 Å². The first kappa shape index (κ1) is 12.4. The summed E-state index contributed by atoms with van der Waals surface area (Å²) in [6, 6.07) is 0. The van der Waals surface area contributed by atoms with Gasteiger partial charge in [0.25, 0.3) is 0 Å². The average molecular weight is 226 g/mol. The van der Waals surface area contributed by atoms with E-state index in [2.05, 4.69) is 20.8 Å². The molecule has 2 atom stereocenters. The largest absolute Gasteiger partial charge is 0.389 e. The van der Waals surface area contributed by atoms with Crippen molar-refractivity contribution in [2.75, 3.05) is 13.2 Å². The van der Waals surface area contributed by atoms with Gasteiger partial charge in [-0.3, -0.25) is 0 Å². The zero-order valence-electron chi connectivity index (χ0n) is 11.0. The fourth-order valence-corrected chi connectivity index (χ4v) is 3.70. The van der Waals surface area contributed by atoms with Crippen LogP contribution in [-0.4, -0.2) is 23.9 Å². The summed E-state index contributed by atoms with van der Waals surface area (Å²) in [6.45, 7) is 8.56. The Hall–Kier alpha value is -0.0800. The highest BCUT2D eigenvalue weighted by Crippen LogP contribution is 2.48. The SMILES string of the molecule is CC1CC(C)(C)CCC1(O)C1CCOCC1. The third-order valence-corrected chi connectivity index (χ3v) is 4.84. The lowest BCUT2D eigenvalue weighted by Crippen LogP contribution is -2.50. The molecule has 2 rings (SSSR count). The van der Waals surface area contributed by atoms with Crippen LogP contribution in [0.4, 0.5) is 0 Å². The Labute approximate surface area is 99.4 Å². The third-order valence-electron chi connectivity index (χ3n) is 4.84. The number of aliphatic hydroxyl groups is 1. The first-order valence-corrected chi connectivity index (χ1v) is 6.74. The summed E-state index contributed by atoms with van der Waals surface area (Å²) in [4.78, 5) is 0. The molecule has 1 N–H and O–H groups in total. The van der Waals surface area contributed by atoms with Gasteiger partial charge in [-0.25, -0.2) is 0 Å². The van der Waals surface area contributed by atoms with E-state index < -0.39 is 5.60 Å². The van der Waals surface area contributed by atoms with Crippen LogP contribution in [0.1, 0.15) is 52.9 Å². The third kappa shape index (κ3) is 2.28. The van der Waals surface area contributed by atoms with Crippen molar-refractivity contribution < 1.29 is 9.84 Å². The van der Waals surface area contributed by atoms with E-state index in [-0.39, 0.29) is 0 Å². The van der Waals surface area contributed by atoms with Crippen LogP contribution >= 0.6 is 0 Å². The van der Waals surface area contributed by atoms with E-state index in [1.54, 1.807) is 0 Å². The molecule has 1 aliphatic carbocycles. The van der Waals surface area contributed by atoms with E-state index >= 15 is 0 Å². The molecule has 0 spiro atoms. The van der Waals surface area contributed by atoms with Crippen molar-refractivity contribution in [3.63, 3.8) is 0 Å². The van der Waals surface area contributed by atoms with Crippen molar-refractivity contribution in [1.29, 1.82) is 0 Å². The lowest BCUT2D eigenvalue weighted by molar-refractivity contribution is -0.135. The molecule has 94 valence electrons. The van der Waals surface area contributed by atoms with Gasteiger partial charge in [0.05, 0.1) is 5.60 Å². The number of hydrogen-bond acceptors (Lipinski definition) is 2. The quantitative estimate of drug-likeness (QED) is 0.745. The summed E-state index contributed by atoms with van der Waals surface area (Å²) in [5.74, 6) is 0.895. The van der Waals surface area contributed by atoms with Gasteiger partial charge in [-0.2, -0.15) is 0 Å². The predicted octanol–water partition coefficient (Wildman–Crippen LogP) is 2.99. The van der Waals surface area contributed by atoms with Gasteiger partial charge in [-0.15, -0.1) is 0 Å². The van der Waals surface area contributed by atoms with Crippen molar-refractivity contribution in [2.45, 2.75) is 58.5 Å². The maximum absolute atomic E-state index is 10.9. The fourth-order valence-electron chi connectivity index (χ4n) is 3.70. The summed E-state index contributed by atoms with van der Waals surface area (Å²) in [5.41, 5.74) is -0.00386. The highest BCUT2D eigenvalue weighted by molar-refractivity contribution is 4.98. The predicted molar refractivity (Wildman–Crippen MR) is 65.3 cm³/mol. The van der Waals surface area contributed by atoms with Gasteiger partial charge in [0.2, 0.25) is 0 Å². The summed E-state index contributed by atoms with van der Waals surface area (Å²) >= 11 is 0. The molecule has 2 heteroatoms. The molecule has 2 unspecified atom stereocenters. The van der Waals surface area contributed by atoms with Crippen molar-refractivity contribution in [3.8, 4) is 0 Å². The lowest BCUT2D eigenvalue weighted by Gasteiger charge is -2.50. The van der Waals surface area contributed by atoms with Crippen LogP contribution in [0.5, 0.6) is 0 Å². The van der Waals surface area contributed by atoms with Gasteiger partial charge < -0.3 is 9.84 Å². The van der Waals surface area contributed by atoms with Crippen LogP contribution in [0.3, 0.4) is 0 Å². The minimum atomic E-state index is -0.417. The first-order chi connectivity index (χ1) is 7.44. The molecule has 0 aromatic heterocycles. The molecule has 1 saturated carbocycles. The second kappa shape index (κ2) is 4.30. The minimum absolute atomic E-state index is 0.414. The molecule has 2 aliphatic rings. The maximum Gasteiger partial charge on any atom is 0.0703 e. The Bertz CT molecular complexity index is 243. The minimum Gasteiger partial charge on any atom is -0.389 e. The van der Waals surface area contributed by atoms with E-state index in [1.807, 2.05) is 0 Å². The van der Waals surface area contributed by atoms with Crippen LogP contribution < -0.4 is 0 Å². The second-order valence-electron chi connectivity index (χ2n) is 6.65. The summed E-state index contributed by atoms with van der Waals surface area (Å²) < 4.78 is 5.40. The van der Waals surface area contributed by atoms with Gasteiger partial charge in [0, 0.05) is 13.2 Å². The Morgan fingerprint density at radius 3 is 2.31 bits per heavy atom. The van der Waals surface area contributed by atoms with Crippen molar-refractivity contribution in [3.05, 3.63) is 0 Å². The van der Waals surface area contributed by atoms with Crippen LogP contribution in [0.25, 0.3) is 0 Å². The summed E-state index contributed by atoms with van der Waals surface area (Å²) in [7, 11) is 0. The fraction of sp³-hybridized carbons (Fsp3) is 1.00. The monoisotopic (exact) mass is 226 g/mol. The molecule has 0 radical (unpaired) electrons. The molecule has 1 saturated heterocycles. The number of ether oxygens (including phenoxy) is 1. The first-order valence-electron chi connectivity index (χ1n) is 6.74. The normalized spacial score (nSPS) is 40.9. The van der Waals surface area contributed by atoms with Crippen molar-refractivity contribution in [2.24, 2.45) is 17.3 Å². The molecule has 1 aliphatic heterocycles. The Kier molecular flexibility index (Phi) is 3.33. The van der Waals surface area contributed by atoms with Gasteiger partial charge >= 0.3 is 0 Å². The Morgan fingerprint density at radius 1 is 1.12 bits per heavy atom. The second-order valence-corrected chi connectivity index (χ2v) is 6.65. The van der Waals surface area contributed by atoms with Crippen molar-refractivity contribution in [1.82, 2.24) is 0 Å². The highest BCUT2D eigenvalue weighted by Gasteiger charge is 2.47. The van der Waals surface area contributed by atoms with Crippen LogP contribution in [0.2, 0.25) is 0 Å². The summed E-state index contributed by atoms with van der Waals surface area (Å²) in [6.07, 6.45) is 5.38. The van der Waals surface area contributed by atoms with Gasteiger partial charge in [-0.1, -0.05) is 20.8 Å². The highest BCUT2D eigenvalue weighted by atomic mass is 16.5. The molecule has 0 amide bonds. The van der Waals surface area contributed by atoms with Gasteiger partial charge in [0.15, 0.2) is 0 Å². The zero-order chi connectivity index (χ0) is 11.8. The molecule has 2 nitrogen and oxygen atoms in total. The zero-order valence-corrected chi connectivity index (χ0v) is 11.0. The van der Waals surface area contributed by atoms with Crippen LogP contribution in [0.15, 0.2) is 0 Å². The van der Waals surface area contributed by atoms with E-state index in [0.29, 0.717) is 17.3 Å². The topological polar surface area (TPSA) is 29.5 Å². The van der Waals surface area contributed by atoms with Crippen LogP contribution in [-0.2, 0) is 4.74 Å². The lowest BCUT2D eigenvalue weighted by atomic mass is 9.60. The Balaban J connectivity index is 2.06. The van der Waals surface area contributed by atoms with Gasteiger partial charge in [0.1, 0.15) is 0 Å². The summed E-state index contributed by atoms with van der Waals surface area (Å²) in [5, 5.41) is 10.9. The molecule has 0 aromatic rings. The van der Waals surface area contributed by atoms with Crippen LogP contribution in [0, 0.1) is 17.3 Å². The van der Waals surface area contributed by atoms with Gasteiger partial charge in [-0.05, 0) is 49.4 Å². The van der Waals surface area contributed by atoms with E-state index in [1.165, 1.54) is 0 Å². The standard InChI is InChI=1S/C14H26O2/c1-11-10-13(2,3)6-7-14(11,15)12-4-8-16-9-5-12/h11-12,15H,4-10H2,1-3H3. The molecule has 0 bridgehead atoms. The maximum atomic E-state index is 10.9. The molecule has 2 fully saturated rings. The molecule has 16 heavy (non-hydrogen) atoms. The smallest absolute Gasteiger partial charge is 0.0703 e. The average Bonchev–Trinajstić information content (AvgIpc) is 2.25. The van der Waals surface area contributed by atoms with E-state index in [4.69, 9.17) is 4.74 Å². The number of rotatable bonds is 1. The van der Waals surface area contributed by atoms with E-state index in [9.17, 15) is 5.11 Å².